The van der Waals surface area contributed by atoms with Gasteiger partial charge in [0.05, 0.1) is 24.1 Å². The average Bonchev–Trinajstić information content (AvgIpc) is 2.56. The molecule has 0 radical (unpaired) electrons. The minimum Gasteiger partial charge on any atom is -0.496 e. The number of ether oxygens (including phenoxy) is 2. The number of aromatic nitrogens is 1. The van der Waals surface area contributed by atoms with E-state index in [-0.39, 0.29) is 28.6 Å². The van der Waals surface area contributed by atoms with E-state index >= 15 is 0 Å². The zero-order valence-corrected chi connectivity index (χ0v) is 15.6. The molecule has 0 aliphatic carbocycles. The topological polar surface area (TPSA) is 86.6 Å². The van der Waals surface area contributed by atoms with E-state index in [0.717, 1.165) is 0 Å². The fourth-order valence-corrected chi connectivity index (χ4v) is 3.66. The van der Waals surface area contributed by atoms with E-state index in [2.05, 4.69) is 4.72 Å². The van der Waals surface area contributed by atoms with E-state index in [0.29, 0.717) is 17.2 Å². The second kappa shape index (κ2) is 7.90. The molecule has 1 aromatic heterocycles. The molecule has 0 bridgehead atoms. The molecule has 0 aliphatic heterocycles. The number of aryl methyl sites for hydroxylation is 1. The normalized spacial score (nSPS) is 11.4. The van der Waals surface area contributed by atoms with E-state index in [4.69, 9.17) is 21.1 Å². The van der Waals surface area contributed by atoms with Crippen LogP contribution >= 0.6 is 11.6 Å². The maximum atomic E-state index is 12.3. The summed E-state index contributed by atoms with van der Waals surface area (Å²) in [6.45, 7) is 2.00. The number of sulfonamides is 1. The smallest absolute Gasteiger partial charge is 0.254 e. The molecule has 25 heavy (non-hydrogen) atoms. The molecule has 1 aromatic carbocycles. The van der Waals surface area contributed by atoms with Crippen LogP contribution in [0.25, 0.3) is 0 Å². The summed E-state index contributed by atoms with van der Waals surface area (Å²) in [6, 6.07) is 7.25. The Bertz CT molecular complexity index is 925. The van der Waals surface area contributed by atoms with E-state index in [1.807, 2.05) is 0 Å². The third-order valence-corrected chi connectivity index (χ3v) is 5.36. The standard InChI is InChI=1S/C16H19ClN2O5S/c1-11-8-12(23-2)9-16(20)19(11)7-6-18-25(21,22)13-4-5-15(24-3)14(17)10-13/h4-5,8-10,18H,6-7H2,1-3H3. The third-order valence-electron chi connectivity index (χ3n) is 3.61. The van der Waals surface area contributed by atoms with Crippen molar-refractivity contribution in [3.63, 3.8) is 0 Å². The molecule has 1 N–H and O–H groups in total. The number of halogens is 1. The Morgan fingerprint density at radius 3 is 2.44 bits per heavy atom. The van der Waals surface area contributed by atoms with Crippen molar-refractivity contribution in [2.24, 2.45) is 0 Å². The van der Waals surface area contributed by atoms with Crippen molar-refractivity contribution in [1.29, 1.82) is 0 Å². The molecule has 2 aromatic rings. The summed E-state index contributed by atoms with van der Waals surface area (Å²) in [6.07, 6.45) is 0. The molecule has 2 rings (SSSR count). The van der Waals surface area contributed by atoms with Gasteiger partial charge in [-0.1, -0.05) is 11.6 Å². The highest BCUT2D eigenvalue weighted by atomic mass is 35.5. The van der Waals surface area contributed by atoms with Crippen molar-refractivity contribution in [3.05, 3.63) is 51.4 Å². The summed E-state index contributed by atoms with van der Waals surface area (Å²) >= 11 is 5.96. The van der Waals surface area contributed by atoms with Crippen LogP contribution in [0.1, 0.15) is 5.69 Å². The lowest BCUT2D eigenvalue weighted by Crippen LogP contribution is -2.31. The summed E-state index contributed by atoms with van der Waals surface area (Å²) in [5.74, 6) is 0.855. The first-order chi connectivity index (χ1) is 11.8. The summed E-state index contributed by atoms with van der Waals surface area (Å²) < 4.78 is 38.6. The second-order valence-electron chi connectivity index (χ2n) is 5.22. The van der Waals surface area contributed by atoms with Crippen LogP contribution in [0.2, 0.25) is 5.02 Å². The minimum atomic E-state index is -3.75. The molecule has 0 fully saturated rings. The van der Waals surface area contributed by atoms with Gasteiger partial charge in [-0.2, -0.15) is 0 Å². The van der Waals surface area contributed by atoms with Gasteiger partial charge >= 0.3 is 0 Å². The molecule has 0 amide bonds. The Kier molecular flexibility index (Phi) is 6.10. The van der Waals surface area contributed by atoms with Crippen LogP contribution in [-0.4, -0.2) is 33.7 Å². The van der Waals surface area contributed by atoms with Crippen molar-refractivity contribution in [2.75, 3.05) is 20.8 Å². The number of methoxy groups -OCH3 is 2. The largest absolute Gasteiger partial charge is 0.496 e. The summed E-state index contributed by atoms with van der Waals surface area (Å²) in [5, 5.41) is 0.201. The fraction of sp³-hybridized carbons (Fsp3) is 0.312. The lowest BCUT2D eigenvalue weighted by atomic mass is 10.3. The van der Waals surface area contributed by atoms with E-state index in [1.54, 1.807) is 13.0 Å². The number of hydrogen-bond donors (Lipinski definition) is 1. The second-order valence-corrected chi connectivity index (χ2v) is 7.39. The molecule has 136 valence electrons. The molecule has 0 saturated heterocycles. The number of pyridine rings is 1. The highest BCUT2D eigenvalue weighted by Gasteiger charge is 2.16. The van der Waals surface area contributed by atoms with Gasteiger partial charge in [0.15, 0.2) is 0 Å². The van der Waals surface area contributed by atoms with E-state index in [1.165, 1.54) is 43.1 Å². The van der Waals surface area contributed by atoms with Gasteiger partial charge in [-0.3, -0.25) is 4.79 Å². The summed E-state index contributed by atoms with van der Waals surface area (Å²) in [7, 11) is -0.821. The lowest BCUT2D eigenvalue weighted by molar-refractivity contribution is 0.411. The van der Waals surface area contributed by atoms with E-state index < -0.39 is 10.0 Å². The van der Waals surface area contributed by atoms with Gasteiger partial charge in [0.1, 0.15) is 11.5 Å². The molecule has 0 spiro atoms. The van der Waals surface area contributed by atoms with Crippen molar-refractivity contribution in [1.82, 2.24) is 9.29 Å². The average molecular weight is 387 g/mol. The SMILES string of the molecule is COc1cc(C)n(CCNS(=O)(=O)c2ccc(OC)c(Cl)c2)c(=O)c1. The predicted molar refractivity (Wildman–Crippen MR) is 95.2 cm³/mol. The van der Waals surface area contributed by atoms with Gasteiger partial charge < -0.3 is 14.0 Å². The van der Waals surface area contributed by atoms with Gasteiger partial charge in [0, 0.05) is 24.8 Å². The first-order valence-corrected chi connectivity index (χ1v) is 9.23. The van der Waals surface area contributed by atoms with Crippen LogP contribution in [0.4, 0.5) is 0 Å². The molecule has 0 unspecified atom stereocenters. The van der Waals surface area contributed by atoms with Gasteiger partial charge in [-0.25, -0.2) is 13.1 Å². The first kappa shape index (κ1) is 19.3. The van der Waals surface area contributed by atoms with Crippen LogP contribution in [0.5, 0.6) is 11.5 Å². The number of hydrogen-bond acceptors (Lipinski definition) is 5. The fourth-order valence-electron chi connectivity index (χ4n) is 2.29. The maximum absolute atomic E-state index is 12.3. The van der Waals surface area contributed by atoms with Crippen molar-refractivity contribution in [2.45, 2.75) is 18.4 Å². The first-order valence-electron chi connectivity index (χ1n) is 7.37. The zero-order chi connectivity index (χ0) is 18.6. The number of benzene rings is 1. The van der Waals surface area contributed by atoms with E-state index in [9.17, 15) is 13.2 Å². The monoisotopic (exact) mass is 386 g/mol. The Labute approximate surface area is 151 Å². The summed E-state index contributed by atoms with van der Waals surface area (Å²) in [4.78, 5) is 12.1. The van der Waals surface area contributed by atoms with Gasteiger partial charge in [-0.15, -0.1) is 0 Å². The molecule has 0 aliphatic rings. The third kappa shape index (κ3) is 4.53. The lowest BCUT2D eigenvalue weighted by Gasteiger charge is -2.12. The van der Waals surface area contributed by atoms with Gasteiger partial charge in [0.25, 0.3) is 5.56 Å². The molecular formula is C16H19ClN2O5S. The maximum Gasteiger partial charge on any atom is 0.254 e. The van der Waals surface area contributed by atoms with Crippen molar-refractivity contribution < 1.29 is 17.9 Å². The number of nitrogens with zero attached hydrogens (tertiary/aromatic N) is 1. The highest BCUT2D eigenvalue weighted by molar-refractivity contribution is 7.89. The minimum absolute atomic E-state index is 0.0251. The zero-order valence-electron chi connectivity index (χ0n) is 14.1. The van der Waals surface area contributed by atoms with Crippen molar-refractivity contribution in [3.8, 4) is 11.5 Å². The molecule has 7 nitrogen and oxygen atoms in total. The van der Waals surface area contributed by atoms with Crippen LogP contribution in [0.3, 0.4) is 0 Å². The Hall–Kier alpha value is -2.03. The van der Waals surface area contributed by atoms with Gasteiger partial charge in [-0.05, 0) is 31.2 Å². The summed E-state index contributed by atoms with van der Waals surface area (Å²) in [5.41, 5.74) is 0.416. The number of nitrogens with one attached hydrogen (secondary N) is 1. The van der Waals surface area contributed by atoms with Crippen LogP contribution in [0, 0.1) is 6.92 Å². The van der Waals surface area contributed by atoms with Crippen molar-refractivity contribution >= 4 is 21.6 Å². The highest BCUT2D eigenvalue weighted by Crippen LogP contribution is 2.26. The molecule has 9 heteroatoms. The Morgan fingerprint density at radius 1 is 1.16 bits per heavy atom. The van der Waals surface area contributed by atoms with Crippen LogP contribution < -0.4 is 19.8 Å². The Balaban J connectivity index is 2.11. The molecule has 1 heterocycles. The molecule has 0 atom stereocenters. The quantitative estimate of drug-likeness (QED) is 0.784. The number of rotatable bonds is 7. The molecule has 0 saturated carbocycles. The molecular weight excluding hydrogens is 368 g/mol. The van der Waals surface area contributed by atoms with Gasteiger partial charge in [0.2, 0.25) is 10.0 Å². The van der Waals surface area contributed by atoms with Crippen LogP contribution in [0.15, 0.2) is 40.0 Å². The van der Waals surface area contributed by atoms with Crippen LogP contribution in [-0.2, 0) is 16.6 Å². The Morgan fingerprint density at radius 2 is 1.88 bits per heavy atom. The predicted octanol–water partition coefficient (Wildman–Crippen LogP) is 1.81.